The normalized spacial score (nSPS) is 10.9. The topological polar surface area (TPSA) is 106 Å². The van der Waals surface area contributed by atoms with Crippen LogP contribution in [0.4, 0.5) is 14.5 Å². The van der Waals surface area contributed by atoms with Gasteiger partial charge in [0, 0.05) is 41.5 Å². The van der Waals surface area contributed by atoms with E-state index in [-0.39, 0.29) is 28.5 Å². The van der Waals surface area contributed by atoms with E-state index < -0.39 is 23.1 Å². The highest BCUT2D eigenvalue weighted by Crippen LogP contribution is 2.31. The number of halogens is 2. The van der Waals surface area contributed by atoms with Crippen LogP contribution in [0.1, 0.15) is 16.1 Å². The molecule has 1 amide bonds. The minimum atomic E-state index is -0.769. The summed E-state index contributed by atoms with van der Waals surface area (Å²) in [5.74, 6) is -1.93. The Balaban J connectivity index is 1.39. The van der Waals surface area contributed by atoms with Gasteiger partial charge in [-0.15, -0.1) is 0 Å². The number of nitrogens with zero attached hydrogens (tertiary/aromatic N) is 3. The predicted octanol–water partition coefficient (Wildman–Crippen LogP) is 5.12. The molecule has 8 nitrogen and oxygen atoms in total. The Labute approximate surface area is 208 Å². The second-order valence-corrected chi connectivity index (χ2v) is 8.08. The van der Waals surface area contributed by atoms with Gasteiger partial charge in [0.2, 0.25) is 0 Å². The lowest BCUT2D eigenvalue weighted by Crippen LogP contribution is -2.29. The zero-order valence-corrected chi connectivity index (χ0v) is 19.3. The van der Waals surface area contributed by atoms with Crippen molar-refractivity contribution in [3.05, 3.63) is 112 Å². The van der Waals surface area contributed by atoms with Crippen LogP contribution in [0, 0.1) is 18.6 Å². The van der Waals surface area contributed by atoms with Crippen LogP contribution >= 0.6 is 0 Å². The third-order valence-electron chi connectivity index (χ3n) is 5.54. The highest BCUT2D eigenvalue weighted by atomic mass is 19.1. The van der Waals surface area contributed by atoms with Crippen LogP contribution in [-0.4, -0.2) is 25.5 Å². The van der Waals surface area contributed by atoms with Crippen LogP contribution in [0.25, 0.3) is 16.7 Å². The highest BCUT2D eigenvalue weighted by molar-refractivity contribution is 6.04. The van der Waals surface area contributed by atoms with Crippen molar-refractivity contribution in [3.8, 4) is 22.9 Å². The van der Waals surface area contributed by atoms with E-state index >= 15 is 0 Å². The lowest BCUT2D eigenvalue weighted by atomic mass is 10.2. The van der Waals surface area contributed by atoms with Crippen LogP contribution in [0.3, 0.4) is 0 Å². The zero-order chi connectivity index (χ0) is 26.1. The summed E-state index contributed by atoms with van der Waals surface area (Å²) in [6, 6.07) is 15.0. The number of carbonyl (C=O) groups excluding carboxylic acids is 1. The Kier molecular flexibility index (Phi) is 6.06. The molecule has 0 aliphatic heterocycles. The molecule has 0 radical (unpaired) electrons. The quantitative estimate of drug-likeness (QED) is 0.347. The number of amides is 1. The fourth-order valence-corrected chi connectivity index (χ4v) is 3.77. The molecule has 2 N–H and O–H groups in total. The summed E-state index contributed by atoms with van der Waals surface area (Å²) >= 11 is 0. The smallest absolute Gasteiger partial charge is 0.268 e. The minimum Gasteiger partial charge on any atom is -0.506 e. The molecule has 3 aromatic heterocycles. The average molecular weight is 500 g/mol. The standard InChI is InChI=1S/C27H18F2N4O4/c1-15-2-8-20(27(36)33(15)18-6-3-16(28)4-7-18)26(35)32-17-5-9-23(21(29)12-17)37-24-10-11-30-22-13-19(34)14-31-25(22)24/h2-14,34H,1H3,(H,32,35). The summed E-state index contributed by atoms with van der Waals surface area (Å²) in [7, 11) is 0. The number of aromatic nitrogens is 3. The molecule has 5 aromatic rings. The summed E-state index contributed by atoms with van der Waals surface area (Å²) in [6.45, 7) is 1.69. The van der Waals surface area contributed by atoms with E-state index in [1.54, 1.807) is 13.0 Å². The molecule has 0 atom stereocenters. The first-order valence-electron chi connectivity index (χ1n) is 11.0. The Morgan fingerprint density at radius 1 is 0.973 bits per heavy atom. The van der Waals surface area contributed by atoms with Crippen molar-refractivity contribution < 1.29 is 23.4 Å². The molecule has 0 aliphatic carbocycles. The number of aromatic hydroxyl groups is 1. The fourth-order valence-electron chi connectivity index (χ4n) is 3.77. The van der Waals surface area contributed by atoms with E-state index in [1.165, 1.54) is 71.6 Å². The van der Waals surface area contributed by atoms with Gasteiger partial charge >= 0.3 is 0 Å². The number of rotatable bonds is 5. The number of hydrogen-bond donors (Lipinski definition) is 2. The summed E-state index contributed by atoms with van der Waals surface area (Å²) < 4.78 is 35.1. The highest BCUT2D eigenvalue weighted by Gasteiger charge is 2.17. The maximum Gasteiger partial charge on any atom is 0.268 e. The van der Waals surface area contributed by atoms with E-state index in [1.807, 2.05) is 0 Å². The number of aryl methyl sites for hydroxylation is 1. The van der Waals surface area contributed by atoms with E-state index in [0.717, 1.165) is 6.07 Å². The Bertz CT molecular complexity index is 1720. The lowest BCUT2D eigenvalue weighted by Gasteiger charge is -2.13. The van der Waals surface area contributed by atoms with Crippen LogP contribution < -0.4 is 15.6 Å². The predicted molar refractivity (Wildman–Crippen MR) is 132 cm³/mol. The molecule has 0 bridgehead atoms. The van der Waals surface area contributed by atoms with Crippen molar-refractivity contribution >= 4 is 22.6 Å². The number of nitrogens with one attached hydrogen (secondary N) is 1. The van der Waals surface area contributed by atoms with Crippen molar-refractivity contribution in [1.82, 2.24) is 14.5 Å². The third kappa shape index (κ3) is 4.72. The first-order valence-corrected chi connectivity index (χ1v) is 11.0. The zero-order valence-electron chi connectivity index (χ0n) is 19.3. The average Bonchev–Trinajstić information content (AvgIpc) is 2.86. The number of ether oxygens (including phenoxy) is 1. The van der Waals surface area contributed by atoms with E-state index in [2.05, 4.69) is 15.3 Å². The maximum atomic E-state index is 14.9. The van der Waals surface area contributed by atoms with Crippen LogP contribution in [-0.2, 0) is 0 Å². The number of carbonyl (C=O) groups is 1. The summed E-state index contributed by atoms with van der Waals surface area (Å²) in [5.41, 5.74) is 0.972. The van der Waals surface area contributed by atoms with Gasteiger partial charge in [-0.3, -0.25) is 19.1 Å². The fraction of sp³-hybridized carbons (Fsp3) is 0.0370. The molecule has 37 heavy (non-hydrogen) atoms. The lowest BCUT2D eigenvalue weighted by molar-refractivity contribution is 0.102. The Hall–Kier alpha value is -5.12. The first-order chi connectivity index (χ1) is 17.8. The van der Waals surface area contributed by atoms with Gasteiger partial charge in [0.15, 0.2) is 17.3 Å². The number of pyridine rings is 3. The number of benzene rings is 2. The second-order valence-electron chi connectivity index (χ2n) is 8.08. The first kappa shape index (κ1) is 23.6. The molecule has 10 heteroatoms. The maximum absolute atomic E-state index is 14.9. The van der Waals surface area contributed by atoms with Crippen molar-refractivity contribution in [3.63, 3.8) is 0 Å². The second kappa shape index (κ2) is 9.50. The Morgan fingerprint density at radius 2 is 1.76 bits per heavy atom. The summed E-state index contributed by atoms with van der Waals surface area (Å²) in [4.78, 5) is 34.1. The molecule has 0 fully saturated rings. The van der Waals surface area contributed by atoms with E-state index in [9.17, 15) is 23.5 Å². The molecular weight excluding hydrogens is 482 g/mol. The number of hydrogen-bond acceptors (Lipinski definition) is 6. The molecule has 2 aromatic carbocycles. The molecule has 3 heterocycles. The van der Waals surface area contributed by atoms with Gasteiger partial charge in [-0.25, -0.2) is 13.8 Å². The van der Waals surface area contributed by atoms with Gasteiger partial charge in [-0.1, -0.05) is 0 Å². The SMILES string of the molecule is Cc1ccc(C(=O)Nc2ccc(Oc3ccnc4cc(O)cnc34)c(F)c2)c(=O)n1-c1ccc(F)cc1. The molecule has 0 saturated heterocycles. The van der Waals surface area contributed by atoms with Crippen LogP contribution in [0.15, 0.2) is 83.9 Å². The van der Waals surface area contributed by atoms with Gasteiger partial charge in [0.1, 0.15) is 22.6 Å². The van der Waals surface area contributed by atoms with Crippen molar-refractivity contribution in [2.45, 2.75) is 6.92 Å². The monoisotopic (exact) mass is 500 g/mol. The largest absolute Gasteiger partial charge is 0.506 e. The molecule has 0 unspecified atom stereocenters. The van der Waals surface area contributed by atoms with Gasteiger partial charge in [0.25, 0.3) is 11.5 Å². The minimum absolute atomic E-state index is 0.0681. The molecule has 0 aliphatic rings. The van der Waals surface area contributed by atoms with Crippen molar-refractivity contribution in [2.24, 2.45) is 0 Å². The van der Waals surface area contributed by atoms with E-state index in [0.29, 0.717) is 22.4 Å². The van der Waals surface area contributed by atoms with Crippen molar-refractivity contribution in [1.29, 1.82) is 0 Å². The molecular formula is C27H18F2N4O4. The van der Waals surface area contributed by atoms with Gasteiger partial charge in [-0.2, -0.15) is 0 Å². The van der Waals surface area contributed by atoms with Crippen molar-refractivity contribution in [2.75, 3.05) is 5.32 Å². The summed E-state index contributed by atoms with van der Waals surface area (Å²) in [5, 5.41) is 12.1. The Morgan fingerprint density at radius 3 is 2.51 bits per heavy atom. The molecule has 0 saturated carbocycles. The van der Waals surface area contributed by atoms with Crippen LogP contribution in [0.2, 0.25) is 0 Å². The molecule has 5 rings (SSSR count). The number of anilines is 1. The van der Waals surface area contributed by atoms with E-state index in [4.69, 9.17) is 4.74 Å². The molecule has 0 spiro atoms. The van der Waals surface area contributed by atoms with Crippen LogP contribution in [0.5, 0.6) is 17.2 Å². The van der Waals surface area contributed by atoms with Gasteiger partial charge < -0.3 is 15.2 Å². The summed E-state index contributed by atoms with van der Waals surface area (Å²) in [6.07, 6.45) is 2.66. The molecule has 184 valence electrons. The number of fused-ring (bicyclic) bond motifs is 1. The van der Waals surface area contributed by atoms with Gasteiger partial charge in [0.05, 0.1) is 11.7 Å². The third-order valence-corrected chi connectivity index (χ3v) is 5.54. The van der Waals surface area contributed by atoms with Gasteiger partial charge in [-0.05, 0) is 55.5 Å².